The Kier molecular flexibility index (Phi) is 4.35. The van der Waals surface area contributed by atoms with Crippen molar-refractivity contribution < 1.29 is 9.53 Å². The van der Waals surface area contributed by atoms with Crippen molar-refractivity contribution >= 4 is 27.7 Å². The van der Waals surface area contributed by atoms with Gasteiger partial charge in [-0.25, -0.2) is 4.79 Å². The lowest BCUT2D eigenvalue weighted by Crippen LogP contribution is -2.38. The van der Waals surface area contributed by atoms with Crippen LogP contribution in [0.2, 0.25) is 0 Å². The number of hydrogen-bond donors (Lipinski definition) is 0. The largest absolute Gasteiger partial charge is 0.443 e. The number of carbonyl (C=O) groups excluding carboxylic acids is 1. The van der Waals surface area contributed by atoms with Crippen molar-refractivity contribution in [2.24, 2.45) is 0 Å². The van der Waals surface area contributed by atoms with Gasteiger partial charge < -0.3 is 4.74 Å². The monoisotopic (exact) mass is 362 g/mol. The molecule has 1 atom stereocenters. The molecular formula is C17H19BrN2O2. The number of hydrogen-bond acceptors (Lipinski definition) is 3. The molecular weight excluding hydrogens is 344 g/mol. The molecule has 4 nitrogen and oxygen atoms in total. The molecule has 1 aromatic rings. The lowest BCUT2D eigenvalue weighted by Gasteiger charge is -2.26. The molecule has 1 aromatic carbocycles. The van der Waals surface area contributed by atoms with E-state index < -0.39 is 11.0 Å². The van der Waals surface area contributed by atoms with Gasteiger partial charge in [0.05, 0.1) is 11.8 Å². The number of allylic oxidation sites excluding steroid dienone is 1. The predicted octanol–water partition coefficient (Wildman–Crippen LogP) is 4.54. The van der Waals surface area contributed by atoms with E-state index in [0.717, 1.165) is 15.7 Å². The molecule has 1 heterocycles. The van der Waals surface area contributed by atoms with Crippen LogP contribution >= 0.6 is 15.9 Å². The topological polar surface area (TPSA) is 53.3 Å². The highest BCUT2D eigenvalue weighted by Crippen LogP contribution is 2.43. The van der Waals surface area contributed by atoms with Gasteiger partial charge >= 0.3 is 6.09 Å². The second-order valence-electron chi connectivity index (χ2n) is 6.61. The summed E-state index contributed by atoms with van der Waals surface area (Å²) >= 11 is 3.44. The molecule has 0 radical (unpaired) electrons. The lowest BCUT2D eigenvalue weighted by atomic mass is 9.84. The number of amides is 1. The SMILES string of the molecule is CC(C)(C)OC(=O)N1CC(C)(C=CC#N)c2ccc(Br)cc21. The Morgan fingerprint density at radius 3 is 2.77 bits per heavy atom. The average molecular weight is 363 g/mol. The number of benzene rings is 1. The van der Waals surface area contributed by atoms with Crippen LogP contribution in [0.15, 0.2) is 34.8 Å². The molecule has 1 aliphatic heterocycles. The molecule has 116 valence electrons. The molecule has 0 saturated heterocycles. The first-order chi connectivity index (χ1) is 10.2. The fourth-order valence-corrected chi connectivity index (χ4v) is 2.90. The number of anilines is 1. The summed E-state index contributed by atoms with van der Waals surface area (Å²) in [5.41, 5.74) is 0.870. The highest BCUT2D eigenvalue weighted by molar-refractivity contribution is 9.10. The third-order valence-electron chi connectivity index (χ3n) is 3.49. The average Bonchev–Trinajstić information content (AvgIpc) is 2.68. The number of rotatable bonds is 1. The van der Waals surface area contributed by atoms with E-state index >= 15 is 0 Å². The normalized spacial score (nSPS) is 20.8. The van der Waals surface area contributed by atoms with Crippen LogP contribution in [-0.4, -0.2) is 18.2 Å². The Morgan fingerprint density at radius 2 is 2.18 bits per heavy atom. The van der Waals surface area contributed by atoms with Crippen LogP contribution in [0.1, 0.15) is 33.3 Å². The van der Waals surface area contributed by atoms with Crippen molar-refractivity contribution in [3.8, 4) is 6.07 Å². The van der Waals surface area contributed by atoms with Crippen molar-refractivity contribution in [3.63, 3.8) is 0 Å². The summed E-state index contributed by atoms with van der Waals surface area (Å²) in [5.74, 6) is 0. The Balaban J connectivity index is 2.44. The zero-order valence-corrected chi connectivity index (χ0v) is 14.8. The first kappa shape index (κ1) is 16.6. The molecule has 0 spiro atoms. The van der Waals surface area contributed by atoms with E-state index in [9.17, 15) is 4.79 Å². The molecule has 2 rings (SSSR count). The number of fused-ring (bicyclic) bond motifs is 1. The van der Waals surface area contributed by atoms with Crippen LogP contribution in [0, 0.1) is 11.3 Å². The summed E-state index contributed by atoms with van der Waals surface area (Å²) in [4.78, 5) is 14.1. The van der Waals surface area contributed by atoms with Crippen LogP contribution in [0.3, 0.4) is 0 Å². The van der Waals surface area contributed by atoms with E-state index in [-0.39, 0.29) is 6.09 Å². The molecule has 1 unspecified atom stereocenters. The summed E-state index contributed by atoms with van der Waals surface area (Å²) in [6.45, 7) is 8.00. The second-order valence-corrected chi connectivity index (χ2v) is 7.52. The first-order valence-corrected chi connectivity index (χ1v) is 7.83. The van der Waals surface area contributed by atoms with E-state index in [1.54, 1.807) is 4.90 Å². The minimum atomic E-state index is -0.551. The Bertz CT molecular complexity index is 670. The number of ether oxygens (including phenoxy) is 1. The van der Waals surface area contributed by atoms with Crippen LogP contribution in [-0.2, 0) is 10.2 Å². The maximum Gasteiger partial charge on any atom is 0.414 e. The van der Waals surface area contributed by atoms with Crippen molar-refractivity contribution in [3.05, 3.63) is 40.4 Å². The highest BCUT2D eigenvalue weighted by Gasteiger charge is 2.41. The highest BCUT2D eigenvalue weighted by atomic mass is 79.9. The van der Waals surface area contributed by atoms with Crippen LogP contribution in [0.4, 0.5) is 10.5 Å². The molecule has 0 aromatic heterocycles. The molecule has 1 amide bonds. The number of carbonyl (C=O) groups is 1. The number of nitrogens with zero attached hydrogens (tertiary/aromatic N) is 2. The molecule has 5 heteroatoms. The van der Waals surface area contributed by atoms with E-state index in [0.29, 0.717) is 6.54 Å². The molecule has 22 heavy (non-hydrogen) atoms. The van der Waals surface area contributed by atoms with Gasteiger partial charge in [0.2, 0.25) is 0 Å². The van der Waals surface area contributed by atoms with Gasteiger partial charge in [-0.3, -0.25) is 4.90 Å². The summed E-state index contributed by atoms with van der Waals surface area (Å²) in [6.07, 6.45) is 2.93. The maximum absolute atomic E-state index is 12.5. The summed E-state index contributed by atoms with van der Waals surface area (Å²) in [5, 5.41) is 8.81. The van der Waals surface area contributed by atoms with Gasteiger partial charge in [0.15, 0.2) is 0 Å². The summed E-state index contributed by atoms with van der Waals surface area (Å²) in [6, 6.07) is 7.85. The van der Waals surface area contributed by atoms with Crippen LogP contribution in [0.25, 0.3) is 0 Å². The van der Waals surface area contributed by atoms with Gasteiger partial charge in [0.1, 0.15) is 5.60 Å². The maximum atomic E-state index is 12.5. The van der Waals surface area contributed by atoms with Crippen molar-refractivity contribution in [1.82, 2.24) is 0 Å². The summed E-state index contributed by atoms with van der Waals surface area (Å²) in [7, 11) is 0. The Morgan fingerprint density at radius 1 is 1.50 bits per heavy atom. The quantitative estimate of drug-likeness (QED) is 0.689. The van der Waals surface area contributed by atoms with E-state index in [1.807, 2.05) is 58.0 Å². The van der Waals surface area contributed by atoms with E-state index in [4.69, 9.17) is 10.00 Å². The third kappa shape index (κ3) is 3.33. The number of halogens is 1. The molecule has 0 saturated carbocycles. The van der Waals surface area contributed by atoms with Gasteiger partial charge in [0, 0.05) is 22.5 Å². The molecule has 0 fully saturated rings. The number of nitriles is 1. The molecule has 1 aliphatic rings. The fraction of sp³-hybridized carbons (Fsp3) is 0.412. The smallest absolute Gasteiger partial charge is 0.414 e. The zero-order chi connectivity index (χ0) is 16.5. The minimum absolute atomic E-state index is 0.374. The standard InChI is InChI=1S/C17H19BrN2O2/c1-16(2,3)22-15(21)20-11-17(4,8-5-9-19)13-7-6-12(18)10-14(13)20/h5-8,10H,11H2,1-4H3. The van der Waals surface area contributed by atoms with E-state index in [1.165, 1.54) is 6.08 Å². The zero-order valence-electron chi connectivity index (χ0n) is 13.2. The Hall–Kier alpha value is -1.80. The van der Waals surface area contributed by atoms with Gasteiger partial charge in [0.25, 0.3) is 0 Å². The second kappa shape index (κ2) is 5.77. The predicted molar refractivity (Wildman–Crippen MR) is 89.8 cm³/mol. The van der Waals surface area contributed by atoms with Crippen LogP contribution in [0.5, 0.6) is 0 Å². The van der Waals surface area contributed by atoms with Crippen LogP contribution < -0.4 is 4.90 Å². The van der Waals surface area contributed by atoms with Gasteiger partial charge in [-0.05, 0) is 38.5 Å². The fourth-order valence-electron chi connectivity index (χ4n) is 2.55. The van der Waals surface area contributed by atoms with Crippen molar-refractivity contribution in [1.29, 1.82) is 5.26 Å². The van der Waals surface area contributed by atoms with Gasteiger partial charge in [-0.15, -0.1) is 0 Å². The third-order valence-corrected chi connectivity index (χ3v) is 3.99. The van der Waals surface area contributed by atoms with E-state index in [2.05, 4.69) is 15.9 Å². The molecule has 0 N–H and O–H groups in total. The Labute approximate surface area is 139 Å². The molecule has 0 aliphatic carbocycles. The minimum Gasteiger partial charge on any atom is -0.443 e. The van der Waals surface area contributed by atoms with Crippen molar-refractivity contribution in [2.45, 2.75) is 38.7 Å². The van der Waals surface area contributed by atoms with Gasteiger partial charge in [-0.2, -0.15) is 5.26 Å². The van der Waals surface area contributed by atoms with Crippen molar-refractivity contribution in [2.75, 3.05) is 11.4 Å². The van der Waals surface area contributed by atoms with Gasteiger partial charge in [-0.1, -0.05) is 35.0 Å². The summed E-state index contributed by atoms with van der Waals surface area (Å²) < 4.78 is 6.40. The lowest BCUT2D eigenvalue weighted by molar-refractivity contribution is 0.0580. The molecule has 0 bridgehead atoms. The first-order valence-electron chi connectivity index (χ1n) is 7.04.